The first kappa shape index (κ1) is 16.1. The second kappa shape index (κ2) is 6.26. The highest BCUT2D eigenvalue weighted by molar-refractivity contribution is 7.20. The first-order valence-electron chi connectivity index (χ1n) is 9.00. The lowest BCUT2D eigenvalue weighted by Gasteiger charge is -2.05. The molecule has 0 unspecified atom stereocenters. The van der Waals surface area contributed by atoms with Crippen molar-refractivity contribution < 1.29 is 4.42 Å². The Balaban J connectivity index is 1.84. The van der Waals surface area contributed by atoms with Crippen molar-refractivity contribution in [1.82, 2.24) is 0 Å². The number of fused-ring (bicyclic) bond motifs is 4. The SMILES string of the molecule is C=C/C=C\c1c(C)sc2c(-c3cccc4c3oc3ccccc34)cccc12. The summed E-state index contributed by atoms with van der Waals surface area (Å²) in [5, 5.41) is 3.61. The molecule has 2 aromatic heterocycles. The van der Waals surface area contributed by atoms with E-state index in [1.54, 1.807) is 0 Å². The van der Waals surface area contributed by atoms with Crippen molar-refractivity contribution in [2.24, 2.45) is 0 Å². The molecule has 0 aliphatic carbocycles. The Morgan fingerprint density at radius 2 is 1.59 bits per heavy atom. The largest absolute Gasteiger partial charge is 0.455 e. The third-order valence-corrected chi connectivity index (χ3v) is 6.20. The van der Waals surface area contributed by atoms with E-state index in [1.165, 1.54) is 36.9 Å². The predicted octanol–water partition coefficient (Wildman–Crippen LogP) is 7.98. The van der Waals surface area contributed by atoms with E-state index in [0.717, 1.165) is 16.7 Å². The van der Waals surface area contributed by atoms with Gasteiger partial charge in [0.15, 0.2) is 0 Å². The number of hydrogen-bond acceptors (Lipinski definition) is 2. The molecule has 2 heterocycles. The van der Waals surface area contributed by atoms with Gasteiger partial charge in [0.1, 0.15) is 11.2 Å². The maximum Gasteiger partial charge on any atom is 0.143 e. The van der Waals surface area contributed by atoms with E-state index >= 15 is 0 Å². The number of aryl methyl sites for hydroxylation is 1. The summed E-state index contributed by atoms with van der Waals surface area (Å²) in [5.41, 5.74) is 5.54. The van der Waals surface area contributed by atoms with Gasteiger partial charge in [-0.05, 0) is 18.6 Å². The van der Waals surface area contributed by atoms with Gasteiger partial charge >= 0.3 is 0 Å². The molecule has 1 nitrogen and oxygen atoms in total. The average molecular weight is 366 g/mol. The Labute approximate surface area is 161 Å². The summed E-state index contributed by atoms with van der Waals surface area (Å²) in [4.78, 5) is 1.31. The molecule has 0 saturated heterocycles. The van der Waals surface area contributed by atoms with Crippen molar-refractivity contribution in [2.45, 2.75) is 6.92 Å². The molecule has 0 amide bonds. The van der Waals surface area contributed by atoms with Crippen molar-refractivity contribution in [3.05, 3.63) is 89.8 Å². The molecule has 0 spiro atoms. The molecule has 0 atom stereocenters. The van der Waals surface area contributed by atoms with Gasteiger partial charge in [0.05, 0.1) is 0 Å². The van der Waals surface area contributed by atoms with Crippen LogP contribution in [0.3, 0.4) is 0 Å². The fraction of sp³-hybridized carbons (Fsp3) is 0.0400. The normalized spacial score (nSPS) is 11.9. The zero-order valence-corrected chi connectivity index (χ0v) is 15.8. The standard InChI is InChI=1S/C25H18OS/c1-3-4-9-17-16(2)27-25-21(17)13-8-14-22(25)20-12-7-11-19-18-10-5-6-15-23(18)26-24(19)20/h3-15H,1H2,2H3/b9-4-. The lowest BCUT2D eigenvalue weighted by Crippen LogP contribution is -1.80. The van der Waals surface area contributed by atoms with Crippen LogP contribution in [0.1, 0.15) is 10.4 Å². The summed E-state index contributed by atoms with van der Waals surface area (Å²) in [6.07, 6.45) is 5.97. The molecule has 2 heteroatoms. The minimum absolute atomic E-state index is 0.934. The van der Waals surface area contributed by atoms with Crippen LogP contribution >= 0.6 is 11.3 Å². The number of allylic oxidation sites excluding steroid dienone is 2. The maximum atomic E-state index is 6.27. The van der Waals surface area contributed by atoms with Crippen molar-refractivity contribution in [2.75, 3.05) is 0 Å². The molecule has 3 aromatic carbocycles. The Morgan fingerprint density at radius 1 is 0.852 bits per heavy atom. The van der Waals surface area contributed by atoms with Crippen molar-refractivity contribution >= 4 is 49.4 Å². The number of hydrogen-bond donors (Lipinski definition) is 0. The van der Waals surface area contributed by atoms with E-state index in [2.05, 4.69) is 68.1 Å². The molecule has 0 N–H and O–H groups in total. The van der Waals surface area contributed by atoms with Gasteiger partial charge in [0, 0.05) is 36.9 Å². The quantitative estimate of drug-likeness (QED) is 0.295. The zero-order valence-electron chi connectivity index (χ0n) is 15.0. The second-order valence-corrected chi connectivity index (χ2v) is 7.85. The van der Waals surface area contributed by atoms with Crippen LogP contribution in [0.25, 0.3) is 49.2 Å². The molecular weight excluding hydrogens is 348 g/mol. The summed E-state index contributed by atoms with van der Waals surface area (Å²) >= 11 is 1.84. The molecule has 0 saturated carbocycles. The smallest absolute Gasteiger partial charge is 0.143 e. The lowest BCUT2D eigenvalue weighted by atomic mass is 9.99. The van der Waals surface area contributed by atoms with Gasteiger partial charge in [-0.25, -0.2) is 0 Å². The van der Waals surface area contributed by atoms with Gasteiger partial charge in [-0.3, -0.25) is 0 Å². The topological polar surface area (TPSA) is 13.1 Å². The molecule has 0 bridgehead atoms. The van der Waals surface area contributed by atoms with Crippen LogP contribution < -0.4 is 0 Å². The molecule has 130 valence electrons. The number of para-hydroxylation sites is 2. The minimum Gasteiger partial charge on any atom is -0.455 e. The van der Waals surface area contributed by atoms with Gasteiger partial charge in [0.25, 0.3) is 0 Å². The summed E-state index contributed by atoms with van der Waals surface area (Å²) in [6.45, 7) is 5.97. The number of benzene rings is 3. The first-order valence-corrected chi connectivity index (χ1v) is 9.81. The molecule has 27 heavy (non-hydrogen) atoms. The fourth-order valence-corrected chi connectivity index (χ4v) is 4.97. The van der Waals surface area contributed by atoms with Gasteiger partial charge in [-0.15, -0.1) is 11.3 Å². The third kappa shape index (κ3) is 2.45. The highest BCUT2D eigenvalue weighted by atomic mass is 32.1. The van der Waals surface area contributed by atoms with Crippen LogP contribution in [0.2, 0.25) is 0 Å². The van der Waals surface area contributed by atoms with Gasteiger partial charge in [-0.1, -0.05) is 79.4 Å². The van der Waals surface area contributed by atoms with E-state index in [9.17, 15) is 0 Å². The number of furan rings is 1. The van der Waals surface area contributed by atoms with E-state index in [4.69, 9.17) is 4.42 Å². The Morgan fingerprint density at radius 3 is 2.44 bits per heavy atom. The Kier molecular flexibility index (Phi) is 3.73. The average Bonchev–Trinajstić information content (AvgIpc) is 3.23. The molecule has 5 aromatic rings. The maximum absolute atomic E-state index is 6.27. The molecule has 0 aliphatic heterocycles. The van der Waals surface area contributed by atoms with Crippen LogP contribution in [0.5, 0.6) is 0 Å². The van der Waals surface area contributed by atoms with E-state index in [0.29, 0.717) is 0 Å². The van der Waals surface area contributed by atoms with E-state index < -0.39 is 0 Å². The molecule has 0 aliphatic rings. The van der Waals surface area contributed by atoms with Gasteiger partial charge in [0.2, 0.25) is 0 Å². The molecule has 5 rings (SSSR count). The van der Waals surface area contributed by atoms with Crippen LogP contribution in [-0.4, -0.2) is 0 Å². The fourth-order valence-electron chi connectivity index (χ4n) is 3.80. The minimum atomic E-state index is 0.934. The third-order valence-electron chi connectivity index (χ3n) is 5.03. The summed E-state index contributed by atoms with van der Waals surface area (Å²) in [7, 11) is 0. The van der Waals surface area contributed by atoms with Crippen LogP contribution in [0.4, 0.5) is 0 Å². The van der Waals surface area contributed by atoms with Crippen molar-refractivity contribution in [3.8, 4) is 11.1 Å². The highest BCUT2D eigenvalue weighted by Gasteiger charge is 2.16. The summed E-state index contributed by atoms with van der Waals surface area (Å²) < 4.78 is 7.56. The monoisotopic (exact) mass is 366 g/mol. The van der Waals surface area contributed by atoms with Gasteiger partial charge < -0.3 is 4.42 Å². The van der Waals surface area contributed by atoms with Crippen molar-refractivity contribution in [1.29, 1.82) is 0 Å². The lowest BCUT2D eigenvalue weighted by molar-refractivity contribution is 0.670. The van der Waals surface area contributed by atoms with E-state index in [1.807, 2.05) is 35.6 Å². The molecule has 0 fully saturated rings. The van der Waals surface area contributed by atoms with Crippen molar-refractivity contribution in [3.63, 3.8) is 0 Å². The molecule has 0 radical (unpaired) electrons. The van der Waals surface area contributed by atoms with Crippen LogP contribution in [0.15, 0.2) is 83.8 Å². The highest BCUT2D eigenvalue weighted by Crippen LogP contribution is 2.42. The number of thiophene rings is 1. The van der Waals surface area contributed by atoms with Crippen LogP contribution in [0, 0.1) is 6.92 Å². The zero-order chi connectivity index (χ0) is 18.4. The Hall–Kier alpha value is -3.10. The van der Waals surface area contributed by atoms with Crippen LogP contribution in [-0.2, 0) is 0 Å². The second-order valence-electron chi connectivity index (χ2n) is 6.63. The number of rotatable bonds is 3. The molecular formula is C25H18OS. The Bertz CT molecular complexity index is 1350. The summed E-state index contributed by atoms with van der Waals surface area (Å²) in [5.74, 6) is 0. The first-order chi connectivity index (χ1) is 13.3. The predicted molar refractivity (Wildman–Crippen MR) is 119 cm³/mol. The van der Waals surface area contributed by atoms with Gasteiger partial charge in [-0.2, -0.15) is 0 Å². The summed E-state index contributed by atoms with van der Waals surface area (Å²) in [6, 6.07) is 21.2. The van der Waals surface area contributed by atoms with E-state index in [-0.39, 0.29) is 0 Å².